The zero-order valence-corrected chi connectivity index (χ0v) is 12.6. The fraction of sp³-hybridized carbons (Fsp3) is 0.571. The minimum absolute atomic E-state index is 0.0291. The van der Waals surface area contributed by atoms with E-state index in [1.54, 1.807) is 6.07 Å². The normalized spacial score (nSPS) is 13.2. The highest BCUT2D eigenvalue weighted by atomic mass is 35.5. The zero-order chi connectivity index (χ0) is 15.3. The first-order valence-corrected chi connectivity index (χ1v) is 6.87. The van der Waals surface area contributed by atoms with Crippen molar-refractivity contribution in [3.05, 3.63) is 23.2 Å². The molecule has 1 unspecified atom stereocenters. The quantitative estimate of drug-likeness (QED) is 0.801. The smallest absolute Gasteiger partial charge is 0.383 e. The summed E-state index contributed by atoms with van der Waals surface area (Å²) in [5.74, 6) is 0. The van der Waals surface area contributed by atoms with E-state index in [0.29, 0.717) is 11.4 Å². The molecule has 0 aliphatic heterocycles. The lowest BCUT2D eigenvalue weighted by Gasteiger charge is -2.18. The topological polar surface area (TPSA) is 15.3 Å². The van der Waals surface area contributed by atoms with E-state index >= 15 is 0 Å². The molecule has 2 nitrogen and oxygen atoms in total. The SMILES string of the molecule is CC(CCCC(F)(F)F)Nc1ccc(N(C)C)c(Cl)c1. The Hall–Kier alpha value is -1.10. The molecule has 1 N–H and O–H groups in total. The molecule has 0 bridgehead atoms. The molecule has 1 rings (SSSR count). The molecule has 0 amide bonds. The Kier molecular flexibility index (Phi) is 5.99. The van der Waals surface area contributed by atoms with Gasteiger partial charge < -0.3 is 10.2 Å². The van der Waals surface area contributed by atoms with Crippen molar-refractivity contribution in [2.24, 2.45) is 0 Å². The molecule has 20 heavy (non-hydrogen) atoms. The summed E-state index contributed by atoms with van der Waals surface area (Å²) in [5.41, 5.74) is 1.72. The number of hydrogen-bond donors (Lipinski definition) is 1. The molecule has 0 fully saturated rings. The number of hydrogen-bond acceptors (Lipinski definition) is 2. The molecule has 114 valence electrons. The van der Waals surface area contributed by atoms with Crippen molar-refractivity contribution in [2.75, 3.05) is 24.3 Å². The number of nitrogens with one attached hydrogen (secondary N) is 1. The largest absolute Gasteiger partial charge is 0.389 e. The molecule has 0 radical (unpaired) electrons. The zero-order valence-electron chi connectivity index (χ0n) is 11.9. The Morgan fingerprint density at radius 1 is 1.30 bits per heavy atom. The van der Waals surface area contributed by atoms with Gasteiger partial charge in [-0.15, -0.1) is 0 Å². The van der Waals surface area contributed by atoms with Crippen LogP contribution in [-0.2, 0) is 0 Å². The summed E-state index contributed by atoms with van der Waals surface area (Å²) in [7, 11) is 3.79. The minimum atomic E-state index is -4.07. The minimum Gasteiger partial charge on any atom is -0.383 e. The second-order valence-electron chi connectivity index (χ2n) is 5.11. The maximum Gasteiger partial charge on any atom is 0.389 e. The predicted molar refractivity (Wildman–Crippen MR) is 78.8 cm³/mol. The van der Waals surface area contributed by atoms with Crippen LogP contribution in [-0.4, -0.2) is 26.3 Å². The van der Waals surface area contributed by atoms with E-state index in [0.717, 1.165) is 11.4 Å². The summed E-state index contributed by atoms with van der Waals surface area (Å²) in [6, 6.07) is 5.52. The second kappa shape index (κ2) is 7.07. The van der Waals surface area contributed by atoms with Gasteiger partial charge in [0, 0.05) is 32.2 Å². The monoisotopic (exact) mass is 308 g/mol. The average molecular weight is 309 g/mol. The van der Waals surface area contributed by atoms with Crippen molar-refractivity contribution in [3.8, 4) is 0 Å². The Morgan fingerprint density at radius 3 is 2.45 bits per heavy atom. The van der Waals surface area contributed by atoms with Gasteiger partial charge in [-0.25, -0.2) is 0 Å². The van der Waals surface area contributed by atoms with Gasteiger partial charge >= 0.3 is 6.18 Å². The van der Waals surface area contributed by atoms with Crippen molar-refractivity contribution < 1.29 is 13.2 Å². The standard InChI is InChI=1S/C14H20ClF3N2/c1-10(5-4-8-14(16,17)18)19-11-6-7-13(20(2)3)12(15)9-11/h6-7,9-10,19H,4-5,8H2,1-3H3. The molecule has 0 spiro atoms. The highest BCUT2D eigenvalue weighted by Gasteiger charge is 2.26. The molecule has 0 saturated heterocycles. The van der Waals surface area contributed by atoms with Gasteiger partial charge in [0.25, 0.3) is 0 Å². The first-order chi connectivity index (χ1) is 9.19. The van der Waals surface area contributed by atoms with Gasteiger partial charge in [-0.05, 0) is 38.0 Å². The van der Waals surface area contributed by atoms with Gasteiger partial charge in [-0.2, -0.15) is 13.2 Å². The molecule has 1 aromatic carbocycles. The lowest BCUT2D eigenvalue weighted by Crippen LogP contribution is -2.17. The number of halogens is 4. The first-order valence-electron chi connectivity index (χ1n) is 6.49. The van der Waals surface area contributed by atoms with E-state index in [1.807, 2.05) is 38.1 Å². The van der Waals surface area contributed by atoms with Crippen LogP contribution < -0.4 is 10.2 Å². The Balaban J connectivity index is 2.50. The van der Waals surface area contributed by atoms with Gasteiger partial charge in [-0.1, -0.05) is 11.6 Å². The molecule has 0 heterocycles. The molecular weight excluding hydrogens is 289 g/mol. The summed E-state index contributed by atoms with van der Waals surface area (Å²) >= 11 is 6.14. The van der Waals surface area contributed by atoms with Gasteiger partial charge in [0.15, 0.2) is 0 Å². The third-order valence-electron chi connectivity index (χ3n) is 2.94. The van der Waals surface area contributed by atoms with Crippen molar-refractivity contribution in [2.45, 2.75) is 38.4 Å². The van der Waals surface area contributed by atoms with Crippen molar-refractivity contribution in [3.63, 3.8) is 0 Å². The lowest BCUT2D eigenvalue weighted by molar-refractivity contribution is -0.135. The molecule has 6 heteroatoms. The van der Waals surface area contributed by atoms with Crippen LogP contribution in [0.15, 0.2) is 18.2 Å². The maximum atomic E-state index is 12.1. The lowest BCUT2D eigenvalue weighted by atomic mass is 10.1. The van der Waals surface area contributed by atoms with Crippen LogP contribution in [0.25, 0.3) is 0 Å². The van der Waals surface area contributed by atoms with Crippen LogP contribution in [0.2, 0.25) is 5.02 Å². The third kappa shape index (κ3) is 5.90. The van der Waals surface area contributed by atoms with E-state index in [-0.39, 0.29) is 12.5 Å². The summed E-state index contributed by atoms with van der Waals surface area (Å²) in [4.78, 5) is 1.90. The third-order valence-corrected chi connectivity index (χ3v) is 3.24. The van der Waals surface area contributed by atoms with Gasteiger partial charge in [-0.3, -0.25) is 0 Å². The first kappa shape index (κ1) is 17.0. The molecule has 1 atom stereocenters. The number of nitrogens with zero attached hydrogens (tertiary/aromatic N) is 1. The highest BCUT2D eigenvalue weighted by Crippen LogP contribution is 2.28. The molecule has 0 saturated carbocycles. The van der Waals surface area contributed by atoms with Crippen molar-refractivity contribution in [1.82, 2.24) is 0 Å². The molecular formula is C14H20ClF3N2. The number of rotatable bonds is 6. The predicted octanol–water partition coefficient (Wildman–Crippen LogP) is 4.94. The Morgan fingerprint density at radius 2 is 1.95 bits per heavy atom. The van der Waals surface area contributed by atoms with Gasteiger partial charge in [0.1, 0.15) is 0 Å². The van der Waals surface area contributed by atoms with Crippen LogP contribution in [0, 0.1) is 0 Å². The number of benzene rings is 1. The molecule has 1 aromatic rings. The summed E-state index contributed by atoms with van der Waals surface area (Å²) in [6.07, 6.45) is -4.22. The van der Waals surface area contributed by atoms with Crippen molar-refractivity contribution in [1.29, 1.82) is 0 Å². The fourth-order valence-electron chi connectivity index (χ4n) is 1.92. The number of alkyl halides is 3. The fourth-order valence-corrected chi connectivity index (χ4v) is 2.27. The summed E-state index contributed by atoms with van der Waals surface area (Å²) < 4.78 is 36.2. The Bertz CT molecular complexity index is 433. The van der Waals surface area contributed by atoms with Crippen LogP contribution in [0.3, 0.4) is 0 Å². The van der Waals surface area contributed by atoms with E-state index in [2.05, 4.69) is 5.32 Å². The van der Waals surface area contributed by atoms with Crippen LogP contribution in [0.5, 0.6) is 0 Å². The molecule has 0 aromatic heterocycles. The van der Waals surface area contributed by atoms with Crippen LogP contribution >= 0.6 is 11.6 Å². The Labute approximate surface area is 122 Å². The molecule has 0 aliphatic rings. The summed E-state index contributed by atoms with van der Waals surface area (Å²) in [5, 5.41) is 3.78. The van der Waals surface area contributed by atoms with Crippen LogP contribution in [0.1, 0.15) is 26.2 Å². The second-order valence-corrected chi connectivity index (χ2v) is 5.52. The summed E-state index contributed by atoms with van der Waals surface area (Å²) in [6.45, 7) is 1.87. The van der Waals surface area contributed by atoms with E-state index in [4.69, 9.17) is 11.6 Å². The maximum absolute atomic E-state index is 12.1. The molecule has 0 aliphatic carbocycles. The highest BCUT2D eigenvalue weighted by molar-refractivity contribution is 6.33. The average Bonchev–Trinajstić information content (AvgIpc) is 2.26. The number of anilines is 2. The van der Waals surface area contributed by atoms with E-state index in [9.17, 15) is 13.2 Å². The van der Waals surface area contributed by atoms with Gasteiger partial charge in [0.05, 0.1) is 10.7 Å². The van der Waals surface area contributed by atoms with Gasteiger partial charge in [0.2, 0.25) is 0 Å². The van der Waals surface area contributed by atoms with E-state index in [1.165, 1.54) is 0 Å². The van der Waals surface area contributed by atoms with E-state index < -0.39 is 12.6 Å². The van der Waals surface area contributed by atoms with Crippen LogP contribution in [0.4, 0.5) is 24.5 Å². The van der Waals surface area contributed by atoms with Crippen molar-refractivity contribution >= 4 is 23.0 Å².